The highest BCUT2D eigenvalue weighted by atomic mass is 35.5. The molecule has 134 valence electrons. The van der Waals surface area contributed by atoms with Gasteiger partial charge in [0.2, 0.25) is 5.91 Å². The van der Waals surface area contributed by atoms with E-state index in [9.17, 15) is 9.18 Å². The first-order valence-electron chi connectivity index (χ1n) is 7.14. The molecule has 0 atom stereocenters. The maximum Gasteiger partial charge on any atom is 0.227 e. The normalized spacial score (nSPS) is 10.9. The van der Waals surface area contributed by atoms with Crippen LogP contribution in [0.5, 0.6) is 0 Å². The molecule has 1 aromatic heterocycles. The predicted molar refractivity (Wildman–Crippen MR) is 102 cm³/mol. The fraction of sp³-hybridized carbons (Fsp3) is 0.0625. The third kappa shape index (κ3) is 3.96. The summed E-state index contributed by atoms with van der Waals surface area (Å²) in [6, 6.07) is 9.11. The summed E-state index contributed by atoms with van der Waals surface area (Å²) in [5, 5.41) is 9.41. The van der Waals surface area contributed by atoms with Crippen LogP contribution in [0.3, 0.4) is 0 Å². The lowest BCUT2D eigenvalue weighted by molar-refractivity contribution is -0.115. The van der Waals surface area contributed by atoms with Crippen LogP contribution in [0, 0.1) is 5.82 Å². The molecule has 1 amide bonds. The molecule has 0 radical (unpaired) electrons. The van der Waals surface area contributed by atoms with Crippen molar-refractivity contribution in [2.75, 3.05) is 5.75 Å². The van der Waals surface area contributed by atoms with Crippen molar-refractivity contribution in [3.8, 4) is 17.1 Å². The Morgan fingerprint density at radius 2 is 1.88 bits per heavy atom. The fourth-order valence-electron chi connectivity index (χ4n) is 2.20. The van der Waals surface area contributed by atoms with Crippen LogP contribution < -0.4 is 5.73 Å². The summed E-state index contributed by atoms with van der Waals surface area (Å²) in [5.74, 6) is -0.670. The molecule has 10 heteroatoms. The number of carbonyl (C=O) groups is 1. The Morgan fingerprint density at radius 3 is 2.54 bits per heavy atom. The smallest absolute Gasteiger partial charge is 0.227 e. The molecule has 0 saturated heterocycles. The first-order chi connectivity index (χ1) is 12.4. The number of nitrogens with zero attached hydrogens (tertiary/aromatic N) is 3. The van der Waals surface area contributed by atoms with E-state index in [1.54, 1.807) is 22.8 Å². The third-order valence-corrected chi connectivity index (χ3v) is 5.10. The van der Waals surface area contributed by atoms with Crippen LogP contribution >= 0.6 is 46.6 Å². The molecule has 0 aliphatic rings. The number of hydrogen-bond acceptors (Lipinski definition) is 4. The number of nitrogens with two attached hydrogens (primary N) is 1. The molecular formula is C16H10Cl3FN4OS. The molecule has 5 nitrogen and oxygen atoms in total. The van der Waals surface area contributed by atoms with E-state index in [4.69, 9.17) is 40.5 Å². The lowest BCUT2D eigenvalue weighted by Gasteiger charge is -2.11. The predicted octanol–water partition coefficient (Wildman–Crippen LogP) is 4.61. The summed E-state index contributed by atoms with van der Waals surface area (Å²) in [7, 11) is 0. The van der Waals surface area contributed by atoms with Crippen LogP contribution in [0.25, 0.3) is 17.1 Å². The maximum absolute atomic E-state index is 13.6. The molecule has 0 spiro atoms. The van der Waals surface area contributed by atoms with Crippen molar-refractivity contribution in [3.05, 3.63) is 57.3 Å². The number of carbonyl (C=O) groups excluding carboxylic acids is 1. The van der Waals surface area contributed by atoms with Crippen molar-refractivity contribution in [1.29, 1.82) is 0 Å². The molecule has 3 aromatic rings. The van der Waals surface area contributed by atoms with Crippen molar-refractivity contribution < 1.29 is 9.18 Å². The molecule has 1 heterocycles. The Morgan fingerprint density at radius 1 is 1.12 bits per heavy atom. The molecule has 26 heavy (non-hydrogen) atoms. The SMILES string of the molecule is NC(=O)CSc1nnc(-c2ccc(Cl)cc2Cl)n1-c1ccc(F)c(Cl)c1. The van der Waals surface area contributed by atoms with Gasteiger partial charge in [-0.3, -0.25) is 9.36 Å². The Labute approximate surface area is 167 Å². The van der Waals surface area contributed by atoms with Gasteiger partial charge in [0.15, 0.2) is 11.0 Å². The third-order valence-electron chi connectivity index (χ3n) is 3.31. The minimum atomic E-state index is -0.555. The van der Waals surface area contributed by atoms with Gasteiger partial charge in [0.05, 0.1) is 21.5 Å². The van der Waals surface area contributed by atoms with Gasteiger partial charge in [-0.25, -0.2) is 4.39 Å². The van der Waals surface area contributed by atoms with Crippen molar-refractivity contribution >= 4 is 52.5 Å². The highest BCUT2D eigenvalue weighted by Crippen LogP contribution is 2.34. The van der Waals surface area contributed by atoms with Crippen LogP contribution in [0.1, 0.15) is 0 Å². The zero-order valence-electron chi connectivity index (χ0n) is 12.9. The average molecular weight is 432 g/mol. The maximum atomic E-state index is 13.6. The number of aromatic nitrogens is 3. The second-order valence-electron chi connectivity index (χ2n) is 5.12. The van der Waals surface area contributed by atoms with Gasteiger partial charge in [-0.15, -0.1) is 10.2 Å². The fourth-order valence-corrected chi connectivity index (χ4v) is 3.56. The van der Waals surface area contributed by atoms with Gasteiger partial charge in [-0.2, -0.15) is 0 Å². The first-order valence-corrected chi connectivity index (χ1v) is 9.26. The Kier molecular flexibility index (Phi) is 5.72. The van der Waals surface area contributed by atoms with Crippen molar-refractivity contribution in [2.24, 2.45) is 5.73 Å². The number of hydrogen-bond donors (Lipinski definition) is 1. The van der Waals surface area contributed by atoms with Crippen molar-refractivity contribution in [1.82, 2.24) is 14.8 Å². The monoisotopic (exact) mass is 430 g/mol. The van der Waals surface area contributed by atoms with Crippen LogP contribution in [0.15, 0.2) is 41.6 Å². The van der Waals surface area contributed by atoms with Gasteiger partial charge < -0.3 is 5.73 Å². The highest BCUT2D eigenvalue weighted by molar-refractivity contribution is 7.99. The molecule has 0 fully saturated rings. The van der Waals surface area contributed by atoms with E-state index in [2.05, 4.69) is 10.2 Å². The quantitative estimate of drug-likeness (QED) is 0.599. The molecule has 0 bridgehead atoms. The average Bonchev–Trinajstić information content (AvgIpc) is 2.99. The first kappa shape index (κ1) is 19.0. The molecule has 0 aliphatic carbocycles. The van der Waals surface area contributed by atoms with Crippen molar-refractivity contribution in [2.45, 2.75) is 5.16 Å². The molecule has 0 saturated carbocycles. The topological polar surface area (TPSA) is 73.8 Å². The number of rotatable bonds is 5. The van der Waals surface area contributed by atoms with E-state index in [0.717, 1.165) is 11.8 Å². The second kappa shape index (κ2) is 7.84. The zero-order valence-corrected chi connectivity index (χ0v) is 16.0. The van der Waals surface area contributed by atoms with E-state index >= 15 is 0 Å². The van der Waals surface area contributed by atoms with Gasteiger partial charge in [0.1, 0.15) is 5.82 Å². The largest absolute Gasteiger partial charge is 0.369 e. The van der Waals surface area contributed by atoms with E-state index in [1.807, 2.05) is 0 Å². The van der Waals surface area contributed by atoms with E-state index < -0.39 is 11.7 Å². The number of halogens is 4. The van der Waals surface area contributed by atoms with Gasteiger partial charge in [-0.1, -0.05) is 46.6 Å². The Bertz CT molecular complexity index is 996. The lowest BCUT2D eigenvalue weighted by Crippen LogP contribution is -2.13. The van der Waals surface area contributed by atoms with Crippen LogP contribution in [0.2, 0.25) is 15.1 Å². The Hall–Kier alpha value is -1.80. The number of benzene rings is 2. The van der Waals surface area contributed by atoms with E-state index in [1.165, 1.54) is 18.2 Å². The minimum absolute atomic E-state index is 0.00140. The van der Waals surface area contributed by atoms with Crippen molar-refractivity contribution in [3.63, 3.8) is 0 Å². The van der Waals surface area contributed by atoms with Gasteiger partial charge in [0.25, 0.3) is 0 Å². The molecule has 3 rings (SSSR count). The summed E-state index contributed by atoms with van der Waals surface area (Å²) >= 11 is 19.2. The highest BCUT2D eigenvalue weighted by Gasteiger charge is 2.19. The van der Waals surface area contributed by atoms with Gasteiger partial charge in [0, 0.05) is 10.6 Å². The molecule has 2 aromatic carbocycles. The summed E-state index contributed by atoms with van der Waals surface area (Å²) in [4.78, 5) is 11.1. The van der Waals surface area contributed by atoms with Gasteiger partial charge >= 0.3 is 0 Å². The molecular weight excluding hydrogens is 422 g/mol. The zero-order chi connectivity index (χ0) is 18.8. The van der Waals surface area contributed by atoms with E-state index in [-0.39, 0.29) is 10.8 Å². The van der Waals surface area contributed by atoms with Crippen LogP contribution in [-0.4, -0.2) is 26.4 Å². The lowest BCUT2D eigenvalue weighted by atomic mass is 10.2. The number of thioether (sulfide) groups is 1. The summed E-state index contributed by atoms with van der Waals surface area (Å²) in [5.41, 5.74) is 6.28. The second-order valence-corrected chi connectivity index (χ2v) is 7.31. The number of amides is 1. The molecule has 2 N–H and O–H groups in total. The van der Waals surface area contributed by atoms with Gasteiger partial charge in [-0.05, 0) is 36.4 Å². The van der Waals surface area contributed by atoms with Crippen LogP contribution in [-0.2, 0) is 4.79 Å². The van der Waals surface area contributed by atoms with E-state index in [0.29, 0.717) is 32.3 Å². The minimum Gasteiger partial charge on any atom is -0.369 e. The summed E-state index contributed by atoms with van der Waals surface area (Å²) in [6.07, 6.45) is 0. The molecule has 0 aliphatic heterocycles. The standard InChI is InChI=1S/C16H10Cl3FN4OS/c17-8-1-3-10(11(18)5-8)15-22-23-16(26-7-14(21)25)24(15)9-2-4-13(20)12(19)6-9/h1-6H,7H2,(H2,21,25). The van der Waals surface area contributed by atoms with Crippen LogP contribution in [0.4, 0.5) is 4.39 Å². The number of primary amides is 1. The Balaban J connectivity index is 2.18. The summed E-state index contributed by atoms with van der Waals surface area (Å²) in [6.45, 7) is 0. The molecule has 0 unspecified atom stereocenters. The summed E-state index contributed by atoms with van der Waals surface area (Å²) < 4.78 is 15.2.